The van der Waals surface area contributed by atoms with Crippen molar-refractivity contribution in [2.75, 3.05) is 33.0 Å². The third-order valence-electron chi connectivity index (χ3n) is 4.07. The van der Waals surface area contributed by atoms with Crippen molar-refractivity contribution in [2.45, 2.75) is 40.0 Å². The Hall–Kier alpha value is -0.160. The average molecular weight is 248 g/mol. The first kappa shape index (κ1) is 16.8. The van der Waals surface area contributed by atoms with Crippen molar-refractivity contribution in [3.05, 3.63) is 0 Å². The highest BCUT2D eigenvalue weighted by atomic mass is 16.5. The maximum atomic E-state index is 9.40. The SMILES string of the molecule is CCC(CC)(CO)COCC(CC)(CO)CO. The molecule has 0 aromatic heterocycles. The molecule has 0 aliphatic carbocycles. The molecule has 0 saturated carbocycles. The van der Waals surface area contributed by atoms with Crippen molar-refractivity contribution in [3.8, 4) is 0 Å². The van der Waals surface area contributed by atoms with Crippen molar-refractivity contribution >= 4 is 0 Å². The summed E-state index contributed by atoms with van der Waals surface area (Å²) in [7, 11) is 0. The van der Waals surface area contributed by atoms with E-state index >= 15 is 0 Å². The van der Waals surface area contributed by atoms with Crippen molar-refractivity contribution in [2.24, 2.45) is 10.8 Å². The predicted molar refractivity (Wildman–Crippen MR) is 67.8 cm³/mol. The number of hydrogen-bond donors (Lipinski definition) is 3. The zero-order valence-electron chi connectivity index (χ0n) is 11.4. The van der Waals surface area contributed by atoms with Crippen LogP contribution in [0.3, 0.4) is 0 Å². The first-order valence-corrected chi connectivity index (χ1v) is 6.48. The average Bonchev–Trinajstić information content (AvgIpc) is 2.41. The molecule has 3 N–H and O–H groups in total. The zero-order chi connectivity index (χ0) is 13.4. The molecule has 0 atom stereocenters. The predicted octanol–water partition coefficient (Wildman–Crippen LogP) is 1.18. The number of aliphatic hydroxyl groups is 3. The molecule has 0 aromatic rings. The summed E-state index contributed by atoms with van der Waals surface area (Å²) in [5, 5.41) is 28.0. The molecule has 4 nitrogen and oxygen atoms in total. The van der Waals surface area contributed by atoms with Crippen LogP contribution in [0.25, 0.3) is 0 Å². The summed E-state index contributed by atoms with van der Waals surface area (Å²) in [4.78, 5) is 0. The Morgan fingerprint density at radius 2 is 1.06 bits per heavy atom. The molecule has 0 unspecified atom stereocenters. The Bertz CT molecular complexity index is 149. The maximum absolute atomic E-state index is 9.40. The van der Waals surface area contributed by atoms with Crippen LogP contribution >= 0.6 is 0 Å². The molecule has 0 amide bonds. The highest BCUT2D eigenvalue weighted by Crippen LogP contribution is 2.28. The van der Waals surface area contributed by atoms with Crippen molar-refractivity contribution < 1.29 is 20.1 Å². The maximum Gasteiger partial charge on any atom is 0.0566 e. The van der Waals surface area contributed by atoms with Gasteiger partial charge in [-0.05, 0) is 19.3 Å². The molecule has 0 spiro atoms. The standard InChI is InChI=1S/C13H28O4/c1-4-12(5-2,7-14)10-17-11-13(6-3,8-15)9-16/h14-16H,4-11H2,1-3H3. The van der Waals surface area contributed by atoms with E-state index in [-0.39, 0.29) is 25.2 Å². The minimum Gasteiger partial charge on any atom is -0.396 e. The van der Waals surface area contributed by atoms with Crippen LogP contribution in [-0.4, -0.2) is 48.4 Å². The van der Waals surface area contributed by atoms with E-state index in [2.05, 4.69) is 0 Å². The molecular formula is C13H28O4. The van der Waals surface area contributed by atoms with Crippen LogP contribution in [0.15, 0.2) is 0 Å². The number of rotatable bonds is 10. The fraction of sp³-hybridized carbons (Fsp3) is 1.00. The normalized spacial score (nSPS) is 13.1. The van der Waals surface area contributed by atoms with E-state index in [4.69, 9.17) is 4.74 Å². The summed E-state index contributed by atoms with van der Waals surface area (Å²) in [5.41, 5.74) is -0.743. The highest BCUT2D eigenvalue weighted by molar-refractivity contribution is 4.79. The van der Waals surface area contributed by atoms with E-state index in [9.17, 15) is 15.3 Å². The molecule has 0 rings (SSSR count). The minimum absolute atomic E-state index is 0.0790. The van der Waals surface area contributed by atoms with Gasteiger partial charge in [0.15, 0.2) is 0 Å². The van der Waals surface area contributed by atoms with E-state index < -0.39 is 5.41 Å². The van der Waals surface area contributed by atoms with Gasteiger partial charge >= 0.3 is 0 Å². The van der Waals surface area contributed by atoms with Crippen molar-refractivity contribution in [1.82, 2.24) is 0 Å². The van der Waals surface area contributed by atoms with Crippen LogP contribution in [0, 0.1) is 10.8 Å². The van der Waals surface area contributed by atoms with E-state index in [0.717, 1.165) is 12.8 Å². The van der Waals surface area contributed by atoms with Crippen LogP contribution in [0.1, 0.15) is 40.0 Å². The number of aliphatic hydroxyl groups excluding tert-OH is 3. The van der Waals surface area contributed by atoms with Gasteiger partial charge < -0.3 is 20.1 Å². The van der Waals surface area contributed by atoms with Gasteiger partial charge in [0.1, 0.15) is 0 Å². The fourth-order valence-corrected chi connectivity index (χ4v) is 1.67. The molecule has 0 radical (unpaired) electrons. The molecule has 0 fully saturated rings. The van der Waals surface area contributed by atoms with Crippen LogP contribution in [0.2, 0.25) is 0 Å². The molecule has 0 aliphatic rings. The Kier molecular flexibility index (Phi) is 7.96. The van der Waals surface area contributed by atoms with Gasteiger partial charge in [0.25, 0.3) is 0 Å². The number of hydrogen-bond acceptors (Lipinski definition) is 4. The van der Waals surface area contributed by atoms with Gasteiger partial charge in [-0.15, -0.1) is 0 Å². The fourth-order valence-electron chi connectivity index (χ4n) is 1.67. The summed E-state index contributed by atoms with van der Waals surface area (Å²) in [5.74, 6) is 0. The molecule has 0 aliphatic heterocycles. The second-order valence-electron chi connectivity index (χ2n) is 5.03. The lowest BCUT2D eigenvalue weighted by molar-refractivity contribution is -0.0662. The lowest BCUT2D eigenvalue weighted by atomic mass is 9.84. The summed E-state index contributed by atoms with van der Waals surface area (Å²) >= 11 is 0. The Labute approximate surface area is 105 Å². The monoisotopic (exact) mass is 248 g/mol. The van der Waals surface area contributed by atoms with Gasteiger partial charge in [0, 0.05) is 10.8 Å². The quantitative estimate of drug-likeness (QED) is 0.543. The summed E-state index contributed by atoms with van der Waals surface area (Å²) in [6.45, 7) is 6.75. The lowest BCUT2D eigenvalue weighted by Crippen LogP contribution is -2.37. The van der Waals surface area contributed by atoms with Gasteiger partial charge in [0.2, 0.25) is 0 Å². The lowest BCUT2D eigenvalue weighted by Gasteiger charge is -2.33. The van der Waals surface area contributed by atoms with Crippen molar-refractivity contribution in [1.29, 1.82) is 0 Å². The van der Waals surface area contributed by atoms with E-state index in [0.29, 0.717) is 19.6 Å². The topological polar surface area (TPSA) is 69.9 Å². The molecule has 0 heterocycles. The molecule has 0 saturated heterocycles. The molecule has 0 aromatic carbocycles. The molecule has 104 valence electrons. The highest BCUT2D eigenvalue weighted by Gasteiger charge is 2.30. The smallest absolute Gasteiger partial charge is 0.0566 e. The first-order valence-electron chi connectivity index (χ1n) is 6.48. The first-order chi connectivity index (χ1) is 8.07. The summed E-state index contributed by atoms with van der Waals surface area (Å²) < 4.78 is 5.63. The second-order valence-corrected chi connectivity index (χ2v) is 5.03. The molecular weight excluding hydrogens is 220 g/mol. The van der Waals surface area contributed by atoms with E-state index in [1.807, 2.05) is 20.8 Å². The van der Waals surface area contributed by atoms with Crippen LogP contribution in [0.5, 0.6) is 0 Å². The second kappa shape index (κ2) is 8.03. The largest absolute Gasteiger partial charge is 0.396 e. The molecule has 17 heavy (non-hydrogen) atoms. The van der Waals surface area contributed by atoms with E-state index in [1.165, 1.54) is 0 Å². The van der Waals surface area contributed by atoms with E-state index in [1.54, 1.807) is 0 Å². The van der Waals surface area contributed by atoms with Gasteiger partial charge in [-0.25, -0.2) is 0 Å². The third-order valence-corrected chi connectivity index (χ3v) is 4.07. The summed E-state index contributed by atoms with van der Waals surface area (Å²) in [6, 6.07) is 0. The zero-order valence-corrected chi connectivity index (χ0v) is 11.4. The van der Waals surface area contributed by atoms with Crippen LogP contribution in [-0.2, 0) is 4.74 Å². The number of ether oxygens (including phenoxy) is 1. The van der Waals surface area contributed by atoms with Gasteiger partial charge in [-0.1, -0.05) is 20.8 Å². The third kappa shape index (κ3) is 4.54. The summed E-state index contributed by atoms with van der Waals surface area (Å²) in [6.07, 6.45) is 2.39. The Morgan fingerprint density at radius 3 is 1.35 bits per heavy atom. The Morgan fingerprint density at radius 1 is 0.706 bits per heavy atom. The van der Waals surface area contributed by atoms with Crippen LogP contribution in [0.4, 0.5) is 0 Å². The Balaban J connectivity index is 4.28. The van der Waals surface area contributed by atoms with Crippen molar-refractivity contribution in [3.63, 3.8) is 0 Å². The van der Waals surface area contributed by atoms with Gasteiger partial charge in [0.05, 0.1) is 33.0 Å². The van der Waals surface area contributed by atoms with Gasteiger partial charge in [-0.3, -0.25) is 0 Å². The minimum atomic E-state index is -0.553. The van der Waals surface area contributed by atoms with Gasteiger partial charge in [-0.2, -0.15) is 0 Å². The molecule has 0 bridgehead atoms. The molecule has 4 heteroatoms. The van der Waals surface area contributed by atoms with Crippen LogP contribution < -0.4 is 0 Å².